The predicted molar refractivity (Wildman–Crippen MR) is 323 cm³/mol. The molecule has 1 spiro atoms. The van der Waals surface area contributed by atoms with Gasteiger partial charge in [0.2, 0.25) is 0 Å². The van der Waals surface area contributed by atoms with Gasteiger partial charge < -0.3 is 9.47 Å². The Morgan fingerprint density at radius 3 is 1.19 bits per heavy atom. The third-order valence-corrected chi connectivity index (χ3v) is 16.6. The van der Waals surface area contributed by atoms with Gasteiger partial charge in [-0.15, -0.1) is 0 Å². The molecule has 0 N–H and O–H groups in total. The molecule has 362 valence electrons. The van der Waals surface area contributed by atoms with Gasteiger partial charge in [0.1, 0.15) is 0 Å². The van der Waals surface area contributed by atoms with Crippen molar-refractivity contribution in [3.63, 3.8) is 0 Å². The van der Waals surface area contributed by atoms with E-state index in [4.69, 9.17) is 0 Å². The van der Waals surface area contributed by atoms with Crippen molar-refractivity contribution in [2.24, 2.45) is 0 Å². The SMILES string of the molecule is Cc1ccc2c(c1)c1cc(C)ccc1n2-c1ccc(-c2ccc(-c3ccc(N(c4ccc5c(c4)C4(c6ccccc6-c6ccccc64)c4ccccc4-5)c4ccccc4-c4ccc(-c5ccccc5)cc4)cc3)cc2)cc1. The van der Waals surface area contributed by atoms with Crippen molar-refractivity contribution >= 4 is 38.9 Å². The summed E-state index contributed by atoms with van der Waals surface area (Å²) in [5, 5.41) is 2.59. The molecule has 0 radical (unpaired) electrons. The molecule has 2 heteroatoms. The molecule has 0 fully saturated rings. The zero-order valence-corrected chi connectivity index (χ0v) is 43.0. The topological polar surface area (TPSA) is 8.17 Å². The standard InChI is InChI=1S/C75H52N2/c1-49-24-44-73-66(46-49)67-47-50(2)25-45-74(67)77(73)59-40-36-56(37-41-59)54-28-26-53(27-29-54)55-34-38-58(39-35-55)76(72-23-13-9-16-61(72)57-32-30-52(31-33-57)51-14-4-3-5-15-51)60-42-43-65-64-19-8-12-22-70(64)75(71(65)48-60)68-20-10-6-17-62(68)63-18-7-11-21-69(63)75/h3-48H,1-2H3. The molecular formula is C75H52N2. The van der Waals surface area contributed by atoms with E-state index in [0.717, 1.165) is 33.9 Å². The van der Waals surface area contributed by atoms with Crippen molar-refractivity contribution in [2.45, 2.75) is 19.3 Å². The third kappa shape index (κ3) is 7.03. The first-order chi connectivity index (χ1) is 38.0. The molecule has 1 aromatic heterocycles. The lowest BCUT2D eigenvalue weighted by molar-refractivity contribution is 0.793. The largest absolute Gasteiger partial charge is 0.310 e. The van der Waals surface area contributed by atoms with E-state index in [-0.39, 0.29) is 0 Å². The highest BCUT2D eigenvalue weighted by Gasteiger charge is 2.51. The Bertz CT molecular complexity index is 4300. The highest BCUT2D eigenvalue weighted by Crippen LogP contribution is 2.63. The number of aromatic nitrogens is 1. The van der Waals surface area contributed by atoms with E-state index >= 15 is 0 Å². The first kappa shape index (κ1) is 44.7. The van der Waals surface area contributed by atoms with Crippen molar-refractivity contribution in [1.82, 2.24) is 4.57 Å². The minimum absolute atomic E-state index is 0.462. The van der Waals surface area contributed by atoms with Gasteiger partial charge in [0.05, 0.1) is 22.1 Å². The van der Waals surface area contributed by atoms with Gasteiger partial charge in [-0.3, -0.25) is 0 Å². The van der Waals surface area contributed by atoms with Crippen LogP contribution >= 0.6 is 0 Å². The van der Waals surface area contributed by atoms with Gasteiger partial charge >= 0.3 is 0 Å². The van der Waals surface area contributed by atoms with Crippen LogP contribution in [0.15, 0.2) is 279 Å². The van der Waals surface area contributed by atoms with E-state index in [1.165, 1.54) is 111 Å². The molecule has 0 unspecified atom stereocenters. The van der Waals surface area contributed by atoms with Gasteiger partial charge in [-0.1, -0.05) is 223 Å². The van der Waals surface area contributed by atoms with Crippen molar-refractivity contribution in [3.05, 3.63) is 312 Å². The van der Waals surface area contributed by atoms with E-state index < -0.39 is 5.41 Å². The van der Waals surface area contributed by atoms with Crippen LogP contribution in [0.4, 0.5) is 17.1 Å². The maximum atomic E-state index is 2.49. The molecule has 13 aromatic rings. The number of anilines is 3. The molecule has 0 saturated carbocycles. The Morgan fingerprint density at radius 2 is 0.675 bits per heavy atom. The van der Waals surface area contributed by atoms with Crippen molar-refractivity contribution < 1.29 is 0 Å². The maximum Gasteiger partial charge on any atom is 0.0726 e. The highest BCUT2D eigenvalue weighted by atomic mass is 15.1. The molecular weight excluding hydrogens is 929 g/mol. The van der Waals surface area contributed by atoms with Crippen LogP contribution in [0.1, 0.15) is 33.4 Å². The van der Waals surface area contributed by atoms with E-state index in [1.807, 2.05) is 0 Å². The van der Waals surface area contributed by atoms with E-state index in [1.54, 1.807) is 0 Å². The van der Waals surface area contributed by atoms with Crippen LogP contribution in [0.3, 0.4) is 0 Å². The summed E-state index contributed by atoms with van der Waals surface area (Å²) in [6.07, 6.45) is 0. The van der Waals surface area contributed by atoms with Gasteiger partial charge in [0.15, 0.2) is 0 Å². The van der Waals surface area contributed by atoms with Crippen LogP contribution in [-0.2, 0) is 5.41 Å². The van der Waals surface area contributed by atoms with Gasteiger partial charge in [-0.05, 0) is 164 Å². The lowest BCUT2D eigenvalue weighted by Gasteiger charge is -2.32. The van der Waals surface area contributed by atoms with Gasteiger partial charge in [0.25, 0.3) is 0 Å². The minimum Gasteiger partial charge on any atom is -0.310 e. The molecule has 0 aliphatic heterocycles. The van der Waals surface area contributed by atoms with Crippen molar-refractivity contribution in [2.75, 3.05) is 4.90 Å². The Labute approximate surface area is 450 Å². The van der Waals surface area contributed by atoms with Gasteiger partial charge in [0, 0.05) is 33.4 Å². The van der Waals surface area contributed by atoms with Crippen LogP contribution in [0.5, 0.6) is 0 Å². The minimum atomic E-state index is -0.462. The number of aryl methyl sites for hydroxylation is 2. The summed E-state index contributed by atoms with van der Waals surface area (Å²) in [7, 11) is 0. The fraction of sp³-hybridized carbons (Fsp3) is 0.0400. The maximum absolute atomic E-state index is 2.49. The van der Waals surface area contributed by atoms with Gasteiger partial charge in [-0.2, -0.15) is 0 Å². The number of nitrogens with zero attached hydrogens (tertiary/aromatic N) is 2. The molecule has 0 bridgehead atoms. The molecule has 12 aromatic carbocycles. The second kappa shape index (κ2) is 17.7. The van der Waals surface area contributed by atoms with Gasteiger partial charge in [-0.25, -0.2) is 0 Å². The summed E-state index contributed by atoms with van der Waals surface area (Å²) in [5.74, 6) is 0. The molecule has 0 amide bonds. The molecule has 2 aliphatic carbocycles. The number of benzene rings is 12. The number of hydrogen-bond donors (Lipinski definition) is 0. The average molecular weight is 981 g/mol. The van der Waals surface area contributed by atoms with E-state index in [0.29, 0.717) is 0 Å². The fourth-order valence-corrected chi connectivity index (χ4v) is 13.0. The van der Waals surface area contributed by atoms with Crippen LogP contribution in [0, 0.1) is 13.8 Å². The normalized spacial score (nSPS) is 12.6. The van der Waals surface area contributed by atoms with Crippen molar-refractivity contribution in [3.8, 4) is 72.4 Å². The molecule has 2 nitrogen and oxygen atoms in total. The zero-order chi connectivity index (χ0) is 51.2. The van der Waals surface area contributed by atoms with E-state index in [2.05, 4.69) is 302 Å². The molecule has 0 saturated heterocycles. The summed E-state index contributed by atoms with van der Waals surface area (Å²) in [5.41, 5.74) is 29.0. The average Bonchev–Trinajstić information content (AvgIpc) is 4.22. The third-order valence-electron chi connectivity index (χ3n) is 16.6. The first-order valence-corrected chi connectivity index (χ1v) is 26.8. The molecule has 15 rings (SSSR count). The summed E-state index contributed by atoms with van der Waals surface area (Å²) in [4.78, 5) is 2.47. The predicted octanol–water partition coefficient (Wildman–Crippen LogP) is 19.9. The Balaban J connectivity index is 0.816. The van der Waals surface area contributed by atoms with Crippen LogP contribution in [0.25, 0.3) is 94.3 Å². The summed E-state index contributed by atoms with van der Waals surface area (Å²) >= 11 is 0. The number of hydrogen-bond acceptors (Lipinski definition) is 1. The lowest BCUT2D eigenvalue weighted by atomic mass is 9.70. The molecule has 2 aliphatic rings. The second-order valence-corrected chi connectivity index (χ2v) is 21.0. The summed E-state index contributed by atoms with van der Waals surface area (Å²) in [6, 6.07) is 104. The molecule has 77 heavy (non-hydrogen) atoms. The van der Waals surface area contributed by atoms with Crippen LogP contribution in [0.2, 0.25) is 0 Å². The number of rotatable bonds is 8. The smallest absolute Gasteiger partial charge is 0.0726 e. The lowest BCUT2D eigenvalue weighted by Crippen LogP contribution is -2.26. The quantitative estimate of drug-likeness (QED) is 0.147. The fourth-order valence-electron chi connectivity index (χ4n) is 13.0. The second-order valence-electron chi connectivity index (χ2n) is 21.0. The molecule has 1 heterocycles. The van der Waals surface area contributed by atoms with Crippen LogP contribution < -0.4 is 4.90 Å². The summed E-state index contributed by atoms with van der Waals surface area (Å²) < 4.78 is 2.40. The van der Waals surface area contributed by atoms with Crippen LogP contribution in [-0.4, -0.2) is 4.57 Å². The highest BCUT2D eigenvalue weighted by molar-refractivity contribution is 6.10. The first-order valence-electron chi connectivity index (χ1n) is 26.8. The Kier molecular flexibility index (Phi) is 10.3. The van der Waals surface area contributed by atoms with E-state index in [9.17, 15) is 0 Å². The Hall–Kier alpha value is -9.76. The monoisotopic (exact) mass is 980 g/mol. The molecule has 0 atom stereocenters. The Morgan fingerprint density at radius 1 is 0.286 bits per heavy atom. The summed E-state index contributed by atoms with van der Waals surface area (Å²) in [6.45, 7) is 4.35. The number of para-hydroxylation sites is 1. The number of fused-ring (bicyclic) bond motifs is 13. The zero-order valence-electron chi connectivity index (χ0n) is 43.0. The van der Waals surface area contributed by atoms with Crippen molar-refractivity contribution in [1.29, 1.82) is 0 Å².